The van der Waals surface area contributed by atoms with Gasteiger partial charge in [-0.1, -0.05) is 19.8 Å². The van der Waals surface area contributed by atoms with Gasteiger partial charge in [0, 0.05) is 5.75 Å². The number of hydrogen-bond donors (Lipinski definition) is 3. The van der Waals surface area contributed by atoms with Crippen molar-refractivity contribution in [3.63, 3.8) is 0 Å². The molecule has 1 atom stereocenters. The van der Waals surface area contributed by atoms with Gasteiger partial charge < -0.3 is 10.4 Å². The molecule has 0 heterocycles. The molecule has 0 spiro atoms. The minimum Gasteiger partial charge on any atom is -0.480 e. The standard InChI is InChI=1S/C8H17NO2S/c1-2-3-4-5-9-7(6-12)8(10)11/h7,9,12H,2-6H2,1H3,(H,10,11)/t7-/m0/s1. The van der Waals surface area contributed by atoms with E-state index in [-0.39, 0.29) is 0 Å². The lowest BCUT2D eigenvalue weighted by Gasteiger charge is -2.10. The summed E-state index contributed by atoms with van der Waals surface area (Å²) in [6.07, 6.45) is 3.33. The van der Waals surface area contributed by atoms with Crippen LogP contribution in [-0.2, 0) is 4.79 Å². The summed E-state index contributed by atoms with van der Waals surface area (Å²) in [7, 11) is 0. The van der Waals surface area contributed by atoms with Crippen LogP contribution in [0.15, 0.2) is 0 Å². The molecular formula is C8H17NO2S. The number of hydrogen-bond acceptors (Lipinski definition) is 3. The Bertz CT molecular complexity index is 130. The van der Waals surface area contributed by atoms with Crippen LogP contribution in [0.25, 0.3) is 0 Å². The number of aliphatic carboxylic acids is 1. The van der Waals surface area contributed by atoms with E-state index >= 15 is 0 Å². The molecule has 0 saturated heterocycles. The van der Waals surface area contributed by atoms with Gasteiger partial charge in [-0.25, -0.2) is 0 Å². The summed E-state index contributed by atoms with van der Waals surface area (Å²) in [6.45, 7) is 2.89. The van der Waals surface area contributed by atoms with Crippen molar-refractivity contribution in [3.05, 3.63) is 0 Å². The highest BCUT2D eigenvalue weighted by molar-refractivity contribution is 7.80. The molecule has 3 nitrogen and oxygen atoms in total. The maximum atomic E-state index is 10.5. The Morgan fingerprint density at radius 3 is 2.67 bits per heavy atom. The summed E-state index contributed by atoms with van der Waals surface area (Å²) in [5.41, 5.74) is 0. The summed E-state index contributed by atoms with van der Waals surface area (Å²) in [5.74, 6) is -0.469. The normalized spacial score (nSPS) is 12.8. The Labute approximate surface area is 79.0 Å². The molecule has 0 aliphatic heterocycles. The molecule has 4 heteroatoms. The van der Waals surface area contributed by atoms with Gasteiger partial charge in [-0.15, -0.1) is 0 Å². The van der Waals surface area contributed by atoms with E-state index < -0.39 is 12.0 Å². The second-order valence-electron chi connectivity index (χ2n) is 2.73. The predicted molar refractivity (Wildman–Crippen MR) is 52.8 cm³/mol. The molecule has 0 radical (unpaired) electrons. The number of nitrogens with one attached hydrogen (secondary N) is 1. The third kappa shape index (κ3) is 5.43. The fraction of sp³-hybridized carbons (Fsp3) is 0.875. The average Bonchev–Trinajstić information content (AvgIpc) is 2.04. The Hall–Kier alpha value is -0.220. The summed E-state index contributed by atoms with van der Waals surface area (Å²) in [4.78, 5) is 10.5. The molecule has 0 saturated carbocycles. The van der Waals surface area contributed by atoms with Crippen molar-refractivity contribution in [2.75, 3.05) is 12.3 Å². The smallest absolute Gasteiger partial charge is 0.321 e. The molecule has 0 amide bonds. The van der Waals surface area contributed by atoms with Gasteiger partial charge >= 0.3 is 5.97 Å². The van der Waals surface area contributed by atoms with Crippen molar-refractivity contribution in [2.24, 2.45) is 0 Å². The van der Waals surface area contributed by atoms with Crippen LogP contribution in [0, 0.1) is 0 Å². The number of unbranched alkanes of at least 4 members (excludes halogenated alkanes) is 2. The van der Waals surface area contributed by atoms with E-state index in [1.165, 1.54) is 0 Å². The zero-order valence-electron chi connectivity index (χ0n) is 7.42. The van der Waals surface area contributed by atoms with Crippen LogP contribution in [0.1, 0.15) is 26.2 Å². The van der Waals surface area contributed by atoms with E-state index in [2.05, 4.69) is 24.9 Å². The second kappa shape index (κ2) is 7.43. The van der Waals surface area contributed by atoms with Gasteiger partial charge in [-0.3, -0.25) is 4.79 Å². The molecule has 72 valence electrons. The average molecular weight is 191 g/mol. The number of carboxylic acids is 1. The molecule has 0 aromatic rings. The molecule has 0 aliphatic rings. The minimum absolute atomic E-state index is 0.349. The van der Waals surface area contributed by atoms with Crippen molar-refractivity contribution < 1.29 is 9.90 Å². The molecule has 0 aromatic heterocycles. The largest absolute Gasteiger partial charge is 0.480 e. The van der Waals surface area contributed by atoms with Crippen LogP contribution in [0.2, 0.25) is 0 Å². The van der Waals surface area contributed by atoms with Crippen molar-refractivity contribution in [2.45, 2.75) is 32.2 Å². The molecule has 0 fully saturated rings. The maximum Gasteiger partial charge on any atom is 0.321 e. The Morgan fingerprint density at radius 1 is 1.58 bits per heavy atom. The highest BCUT2D eigenvalue weighted by Gasteiger charge is 2.12. The topological polar surface area (TPSA) is 49.3 Å². The number of thiol groups is 1. The van der Waals surface area contributed by atoms with Crippen molar-refractivity contribution >= 4 is 18.6 Å². The third-order valence-electron chi connectivity index (χ3n) is 1.65. The molecule has 2 N–H and O–H groups in total. The van der Waals surface area contributed by atoms with Crippen LogP contribution in [-0.4, -0.2) is 29.4 Å². The molecule has 0 aliphatic carbocycles. The van der Waals surface area contributed by atoms with Crippen LogP contribution in [0.5, 0.6) is 0 Å². The van der Waals surface area contributed by atoms with Crippen molar-refractivity contribution in [1.82, 2.24) is 5.32 Å². The van der Waals surface area contributed by atoms with Crippen LogP contribution >= 0.6 is 12.6 Å². The van der Waals surface area contributed by atoms with Gasteiger partial charge in [0.15, 0.2) is 0 Å². The van der Waals surface area contributed by atoms with Crippen molar-refractivity contribution in [1.29, 1.82) is 0 Å². The van der Waals surface area contributed by atoms with Crippen LogP contribution in [0.3, 0.4) is 0 Å². The lowest BCUT2D eigenvalue weighted by atomic mass is 10.2. The number of rotatable bonds is 7. The lowest BCUT2D eigenvalue weighted by molar-refractivity contribution is -0.138. The highest BCUT2D eigenvalue weighted by Crippen LogP contribution is 1.93. The first-order valence-electron chi connectivity index (χ1n) is 4.29. The Balaban J connectivity index is 3.38. The number of carboxylic acid groups (broad SMARTS) is 1. The monoisotopic (exact) mass is 191 g/mol. The highest BCUT2D eigenvalue weighted by atomic mass is 32.1. The van der Waals surface area contributed by atoms with E-state index in [0.29, 0.717) is 5.75 Å². The first kappa shape index (κ1) is 11.8. The van der Waals surface area contributed by atoms with Crippen LogP contribution < -0.4 is 5.32 Å². The predicted octanol–water partition coefficient (Wildman–Crippen LogP) is 1.15. The summed E-state index contributed by atoms with van der Waals surface area (Å²) >= 11 is 3.94. The molecule has 0 unspecified atom stereocenters. The van der Waals surface area contributed by atoms with Gasteiger partial charge in [-0.05, 0) is 13.0 Å². The summed E-state index contributed by atoms with van der Waals surface area (Å²) < 4.78 is 0. The molecular weight excluding hydrogens is 174 g/mol. The fourth-order valence-electron chi connectivity index (χ4n) is 0.881. The number of carbonyl (C=O) groups is 1. The first-order valence-corrected chi connectivity index (χ1v) is 4.92. The molecule has 0 aromatic carbocycles. The van der Waals surface area contributed by atoms with E-state index in [0.717, 1.165) is 25.8 Å². The van der Waals surface area contributed by atoms with Gasteiger partial charge in [0.05, 0.1) is 0 Å². The van der Waals surface area contributed by atoms with E-state index in [4.69, 9.17) is 5.11 Å². The summed E-state index contributed by atoms with van der Waals surface area (Å²) in [5, 5.41) is 11.5. The molecule has 0 bridgehead atoms. The second-order valence-corrected chi connectivity index (χ2v) is 3.10. The maximum absolute atomic E-state index is 10.5. The van der Waals surface area contributed by atoms with E-state index in [1.807, 2.05) is 0 Å². The fourth-order valence-corrected chi connectivity index (χ4v) is 1.17. The zero-order chi connectivity index (χ0) is 9.40. The Kier molecular flexibility index (Phi) is 7.29. The van der Waals surface area contributed by atoms with Crippen LogP contribution in [0.4, 0.5) is 0 Å². The van der Waals surface area contributed by atoms with Crippen molar-refractivity contribution in [3.8, 4) is 0 Å². The van der Waals surface area contributed by atoms with Gasteiger partial charge in [-0.2, -0.15) is 12.6 Å². The lowest BCUT2D eigenvalue weighted by Crippen LogP contribution is -2.38. The van der Waals surface area contributed by atoms with Gasteiger partial charge in [0.25, 0.3) is 0 Å². The Morgan fingerprint density at radius 2 is 2.25 bits per heavy atom. The van der Waals surface area contributed by atoms with E-state index in [9.17, 15) is 4.79 Å². The molecule has 12 heavy (non-hydrogen) atoms. The minimum atomic E-state index is -0.818. The first-order chi connectivity index (χ1) is 5.72. The van der Waals surface area contributed by atoms with Gasteiger partial charge in [0.1, 0.15) is 6.04 Å². The van der Waals surface area contributed by atoms with Gasteiger partial charge in [0.2, 0.25) is 0 Å². The van der Waals surface area contributed by atoms with E-state index in [1.54, 1.807) is 0 Å². The quantitative estimate of drug-likeness (QED) is 0.418. The molecule has 0 rings (SSSR count). The SMILES string of the molecule is CCCCCN[C@@H](CS)C(=O)O. The zero-order valence-corrected chi connectivity index (χ0v) is 8.31. The summed E-state index contributed by atoms with van der Waals surface area (Å²) in [6, 6.07) is -0.495. The third-order valence-corrected chi connectivity index (χ3v) is 2.02.